The molecule has 0 saturated heterocycles. The van der Waals surface area contributed by atoms with Crippen molar-refractivity contribution in [1.82, 2.24) is 0 Å². The van der Waals surface area contributed by atoms with Crippen LogP contribution in [0.15, 0.2) is 42.5 Å². The fourth-order valence-electron chi connectivity index (χ4n) is 4.84. The van der Waals surface area contributed by atoms with Crippen molar-refractivity contribution in [2.24, 2.45) is 11.8 Å². The first-order valence-corrected chi connectivity index (χ1v) is 11.9. The molecule has 2 atom stereocenters. The maximum atomic E-state index is 14.9. The first-order chi connectivity index (χ1) is 14.0. The van der Waals surface area contributed by atoms with Crippen LogP contribution in [0, 0.1) is 17.7 Å². The molecular formula is C28H39F. The smallest absolute Gasteiger partial charge is 0.131 e. The Bertz CT molecular complexity index is 752. The van der Waals surface area contributed by atoms with Gasteiger partial charge in [0.05, 0.1) is 0 Å². The summed E-state index contributed by atoms with van der Waals surface area (Å²) in [7, 11) is 0. The van der Waals surface area contributed by atoms with Crippen LogP contribution in [0.2, 0.25) is 0 Å². The summed E-state index contributed by atoms with van der Waals surface area (Å²) in [5, 5.41) is 0. The van der Waals surface area contributed by atoms with Crippen LogP contribution in [-0.4, -0.2) is 0 Å². The van der Waals surface area contributed by atoms with E-state index in [0.29, 0.717) is 11.8 Å². The Morgan fingerprint density at radius 2 is 1.59 bits per heavy atom. The highest BCUT2D eigenvalue weighted by Crippen LogP contribution is 2.37. The number of benzene rings is 2. The lowest BCUT2D eigenvalue weighted by Gasteiger charge is -2.26. The topological polar surface area (TPSA) is 0 Å². The molecule has 3 rings (SSSR count). The van der Waals surface area contributed by atoms with Gasteiger partial charge in [-0.1, -0.05) is 89.8 Å². The summed E-state index contributed by atoms with van der Waals surface area (Å²) in [5.41, 5.74) is 4.31. The molecule has 2 unspecified atom stereocenters. The van der Waals surface area contributed by atoms with Crippen LogP contribution in [0.1, 0.15) is 102 Å². The molecule has 0 aliphatic heterocycles. The Hall–Kier alpha value is -1.63. The van der Waals surface area contributed by atoms with E-state index >= 15 is 0 Å². The fraction of sp³-hybridized carbons (Fsp3) is 0.571. The Morgan fingerprint density at radius 1 is 0.897 bits per heavy atom. The number of hydrogen-bond acceptors (Lipinski definition) is 0. The summed E-state index contributed by atoms with van der Waals surface area (Å²) in [6.07, 6.45) is 9.88. The van der Waals surface area contributed by atoms with Crippen molar-refractivity contribution >= 4 is 0 Å². The predicted octanol–water partition coefficient (Wildman–Crippen LogP) is 9.11. The van der Waals surface area contributed by atoms with Gasteiger partial charge in [0.15, 0.2) is 0 Å². The van der Waals surface area contributed by atoms with Gasteiger partial charge in [-0.05, 0) is 72.1 Å². The van der Waals surface area contributed by atoms with E-state index in [4.69, 9.17) is 0 Å². The zero-order valence-electron chi connectivity index (χ0n) is 18.9. The highest BCUT2D eigenvalue weighted by atomic mass is 19.1. The van der Waals surface area contributed by atoms with Crippen molar-refractivity contribution < 1.29 is 4.39 Å². The van der Waals surface area contributed by atoms with Gasteiger partial charge in [0.2, 0.25) is 0 Å². The summed E-state index contributed by atoms with van der Waals surface area (Å²) in [5.74, 6) is 2.69. The van der Waals surface area contributed by atoms with Crippen LogP contribution in [-0.2, 0) is 0 Å². The van der Waals surface area contributed by atoms with Crippen molar-refractivity contribution in [2.75, 3.05) is 0 Å². The van der Waals surface area contributed by atoms with Gasteiger partial charge in [-0.15, -0.1) is 0 Å². The molecule has 0 nitrogen and oxygen atoms in total. The van der Waals surface area contributed by atoms with Gasteiger partial charge in [0.1, 0.15) is 5.82 Å². The molecule has 1 saturated carbocycles. The Labute approximate surface area is 177 Å². The first-order valence-electron chi connectivity index (χ1n) is 11.9. The SMILES string of the molecule is CCC(C)CCC(CC)c1ccc(-c2ccc(C3CCC(C)CC3)cc2F)cc1. The molecule has 1 aliphatic rings. The summed E-state index contributed by atoms with van der Waals surface area (Å²) in [6, 6.07) is 14.6. The Kier molecular flexibility index (Phi) is 7.92. The van der Waals surface area contributed by atoms with E-state index < -0.39 is 0 Å². The van der Waals surface area contributed by atoms with Gasteiger partial charge in [-0.3, -0.25) is 0 Å². The van der Waals surface area contributed by atoms with Gasteiger partial charge in [-0.2, -0.15) is 0 Å². The van der Waals surface area contributed by atoms with E-state index in [1.165, 1.54) is 62.5 Å². The average Bonchev–Trinajstić information content (AvgIpc) is 2.75. The zero-order valence-corrected chi connectivity index (χ0v) is 18.9. The number of halogens is 1. The lowest BCUT2D eigenvalue weighted by molar-refractivity contribution is 0.347. The van der Waals surface area contributed by atoms with Crippen LogP contribution < -0.4 is 0 Å². The molecule has 0 bridgehead atoms. The molecule has 29 heavy (non-hydrogen) atoms. The summed E-state index contributed by atoms with van der Waals surface area (Å²) >= 11 is 0. The minimum atomic E-state index is -0.0716. The second-order valence-corrected chi connectivity index (χ2v) is 9.51. The minimum absolute atomic E-state index is 0.0716. The van der Waals surface area contributed by atoms with Crippen molar-refractivity contribution in [3.05, 3.63) is 59.4 Å². The molecule has 1 fully saturated rings. The summed E-state index contributed by atoms with van der Waals surface area (Å²) in [6.45, 7) is 9.22. The number of hydrogen-bond donors (Lipinski definition) is 0. The number of rotatable bonds is 8. The lowest BCUT2D eigenvalue weighted by Crippen LogP contribution is -2.11. The third-order valence-corrected chi connectivity index (χ3v) is 7.37. The van der Waals surface area contributed by atoms with E-state index in [1.807, 2.05) is 6.07 Å². The van der Waals surface area contributed by atoms with Gasteiger partial charge in [-0.25, -0.2) is 4.39 Å². The van der Waals surface area contributed by atoms with Crippen LogP contribution in [0.4, 0.5) is 4.39 Å². The van der Waals surface area contributed by atoms with Crippen molar-refractivity contribution in [2.45, 2.75) is 90.9 Å². The highest BCUT2D eigenvalue weighted by Gasteiger charge is 2.21. The molecule has 0 spiro atoms. The van der Waals surface area contributed by atoms with Crippen LogP contribution in [0.5, 0.6) is 0 Å². The van der Waals surface area contributed by atoms with Gasteiger partial charge in [0.25, 0.3) is 0 Å². The van der Waals surface area contributed by atoms with Crippen molar-refractivity contribution in [3.8, 4) is 11.1 Å². The summed E-state index contributed by atoms with van der Waals surface area (Å²) < 4.78 is 14.9. The molecule has 0 radical (unpaired) electrons. The molecule has 0 aromatic heterocycles. The molecule has 1 heteroatoms. The minimum Gasteiger partial charge on any atom is -0.206 e. The average molecular weight is 395 g/mol. The maximum absolute atomic E-state index is 14.9. The van der Waals surface area contributed by atoms with Gasteiger partial charge < -0.3 is 0 Å². The van der Waals surface area contributed by atoms with Gasteiger partial charge in [0, 0.05) is 5.56 Å². The van der Waals surface area contributed by atoms with Crippen LogP contribution in [0.3, 0.4) is 0 Å². The maximum Gasteiger partial charge on any atom is 0.131 e. The zero-order chi connectivity index (χ0) is 20.8. The monoisotopic (exact) mass is 394 g/mol. The molecule has 0 N–H and O–H groups in total. The molecule has 0 heterocycles. The molecule has 0 amide bonds. The third kappa shape index (κ3) is 5.71. The molecule has 2 aromatic rings. The fourth-order valence-corrected chi connectivity index (χ4v) is 4.84. The predicted molar refractivity (Wildman–Crippen MR) is 124 cm³/mol. The second-order valence-electron chi connectivity index (χ2n) is 9.51. The molecule has 158 valence electrons. The van der Waals surface area contributed by atoms with E-state index in [-0.39, 0.29) is 5.82 Å². The molecule has 2 aromatic carbocycles. The Balaban J connectivity index is 1.70. The van der Waals surface area contributed by atoms with E-state index in [2.05, 4.69) is 58.0 Å². The van der Waals surface area contributed by atoms with E-state index in [1.54, 1.807) is 6.07 Å². The first kappa shape index (κ1) is 22.1. The van der Waals surface area contributed by atoms with Crippen LogP contribution in [0.25, 0.3) is 11.1 Å². The Morgan fingerprint density at radius 3 is 2.17 bits per heavy atom. The second kappa shape index (κ2) is 10.4. The van der Waals surface area contributed by atoms with E-state index in [9.17, 15) is 4.39 Å². The van der Waals surface area contributed by atoms with Crippen molar-refractivity contribution in [3.63, 3.8) is 0 Å². The molecular weight excluding hydrogens is 355 g/mol. The standard InChI is InChI=1S/C28H39F/c1-5-20(3)7-10-22(6-2)23-13-15-25(16-14-23)27-18-17-26(19-28(27)29)24-11-8-21(4)9-12-24/h13-22,24H,5-12H2,1-4H3. The van der Waals surface area contributed by atoms with Crippen molar-refractivity contribution in [1.29, 1.82) is 0 Å². The largest absolute Gasteiger partial charge is 0.206 e. The van der Waals surface area contributed by atoms with E-state index in [0.717, 1.165) is 23.0 Å². The highest BCUT2D eigenvalue weighted by molar-refractivity contribution is 5.65. The molecule has 1 aliphatic carbocycles. The quantitative estimate of drug-likeness (QED) is 0.419. The normalized spacial score (nSPS) is 21.7. The van der Waals surface area contributed by atoms with Gasteiger partial charge >= 0.3 is 0 Å². The summed E-state index contributed by atoms with van der Waals surface area (Å²) in [4.78, 5) is 0. The third-order valence-electron chi connectivity index (χ3n) is 7.37. The van der Waals surface area contributed by atoms with Crippen LogP contribution >= 0.6 is 0 Å². The lowest BCUT2D eigenvalue weighted by atomic mass is 9.79.